The topological polar surface area (TPSA) is 59.1 Å². The number of carbonyl (C=O) groups is 2. The molecule has 0 unspecified atom stereocenters. The molecule has 3 fully saturated rings. The summed E-state index contributed by atoms with van der Waals surface area (Å²) >= 11 is 0. The van der Waals surface area contributed by atoms with E-state index >= 15 is 0 Å². The number of benzene rings is 1. The van der Waals surface area contributed by atoms with E-state index in [1.807, 2.05) is 34.1 Å². The predicted molar refractivity (Wildman–Crippen MR) is 102 cm³/mol. The Labute approximate surface area is 160 Å². The zero-order valence-electron chi connectivity index (χ0n) is 16.0. The second-order valence-electron chi connectivity index (χ2n) is 7.94. The van der Waals surface area contributed by atoms with Gasteiger partial charge in [-0.25, -0.2) is 0 Å². The number of hydrogen-bond donors (Lipinski definition) is 0. The number of rotatable bonds is 3. The summed E-state index contributed by atoms with van der Waals surface area (Å²) in [4.78, 5) is 30.0. The van der Waals surface area contributed by atoms with Crippen LogP contribution in [0, 0.1) is 5.92 Å². The van der Waals surface area contributed by atoms with Gasteiger partial charge < -0.3 is 19.3 Å². The summed E-state index contributed by atoms with van der Waals surface area (Å²) in [5.41, 5.74) is 0.631. The molecule has 1 spiro atoms. The van der Waals surface area contributed by atoms with Crippen molar-refractivity contribution in [2.75, 3.05) is 38.3 Å². The third-order valence-electron chi connectivity index (χ3n) is 6.28. The quantitative estimate of drug-likeness (QED) is 0.818. The van der Waals surface area contributed by atoms with Gasteiger partial charge in [0.05, 0.1) is 12.6 Å². The van der Waals surface area contributed by atoms with Crippen molar-refractivity contribution in [1.29, 1.82) is 0 Å². The minimum atomic E-state index is -0.273. The summed E-state index contributed by atoms with van der Waals surface area (Å²) in [5, 5.41) is 0. The molecule has 3 aliphatic rings. The van der Waals surface area contributed by atoms with Gasteiger partial charge in [-0.15, -0.1) is 0 Å². The lowest BCUT2D eigenvalue weighted by Gasteiger charge is -2.49. The number of methoxy groups -OCH3 is 1. The highest BCUT2D eigenvalue weighted by molar-refractivity contribution is 5.99. The van der Waals surface area contributed by atoms with Gasteiger partial charge in [0.1, 0.15) is 12.3 Å². The summed E-state index contributed by atoms with van der Waals surface area (Å²) in [7, 11) is 1.64. The first-order valence-electron chi connectivity index (χ1n) is 9.97. The highest BCUT2D eigenvalue weighted by atomic mass is 16.5. The molecule has 1 aromatic rings. The third-order valence-corrected chi connectivity index (χ3v) is 6.28. The molecule has 1 aliphatic carbocycles. The molecule has 0 atom stereocenters. The molecule has 2 saturated heterocycles. The van der Waals surface area contributed by atoms with E-state index in [0.717, 1.165) is 50.0 Å². The van der Waals surface area contributed by atoms with Crippen molar-refractivity contribution < 1.29 is 19.1 Å². The first kappa shape index (κ1) is 18.3. The summed E-state index contributed by atoms with van der Waals surface area (Å²) < 4.78 is 10.6. The van der Waals surface area contributed by atoms with Crippen LogP contribution in [0.5, 0.6) is 5.75 Å². The van der Waals surface area contributed by atoms with Crippen molar-refractivity contribution >= 4 is 17.5 Å². The second-order valence-corrected chi connectivity index (χ2v) is 7.94. The van der Waals surface area contributed by atoms with Crippen LogP contribution in [0.4, 0.5) is 5.69 Å². The van der Waals surface area contributed by atoms with Crippen LogP contribution in [-0.4, -0.2) is 55.7 Å². The minimum absolute atomic E-state index is 0.00228. The Morgan fingerprint density at radius 3 is 2.44 bits per heavy atom. The number of piperazine rings is 1. The SMILES string of the molecule is COc1ccc(N2C(=O)CN(C(=O)C3CCOCC3)CC23CCCC3)cc1. The highest BCUT2D eigenvalue weighted by Crippen LogP contribution is 2.42. The number of hydrogen-bond acceptors (Lipinski definition) is 4. The third kappa shape index (κ3) is 3.43. The predicted octanol–water partition coefficient (Wildman–Crippen LogP) is 2.61. The lowest BCUT2D eigenvalue weighted by Crippen LogP contribution is -2.65. The number of amides is 2. The molecule has 146 valence electrons. The lowest BCUT2D eigenvalue weighted by molar-refractivity contribution is -0.145. The first-order valence-corrected chi connectivity index (χ1v) is 9.97. The van der Waals surface area contributed by atoms with Crippen LogP contribution in [-0.2, 0) is 14.3 Å². The van der Waals surface area contributed by atoms with E-state index in [1.165, 1.54) is 0 Å². The Hall–Kier alpha value is -2.08. The standard InChI is InChI=1S/C21H28N2O4/c1-26-18-6-4-17(5-7-18)23-19(24)14-22(15-21(23)10-2-3-11-21)20(25)16-8-12-27-13-9-16/h4-7,16H,2-3,8-15H2,1H3. The minimum Gasteiger partial charge on any atom is -0.497 e. The Kier molecular flexibility index (Phi) is 5.08. The average molecular weight is 372 g/mol. The fourth-order valence-electron chi connectivity index (χ4n) is 4.90. The van der Waals surface area contributed by atoms with Crippen LogP contribution < -0.4 is 9.64 Å². The van der Waals surface area contributed by atoms with E-state index in [-0.39, 0.29) is 29.8 Å². The summed E-state index contributed by atoms with van der Waals surface area (Å²) in [6.45, 7) is 2.09. The molecule has 0 radical (unpaired) electrons. The molecular formula is C21H28N2O4. The van der Waals surface area contributed by atoms with E-state index in [4.69, 9.17) is 9.47 Å². The molecule has 1 aromatic carbocycles. The fraction of sp³-hybridized carbons (Fsp3) is 0.619. The van der Waals surface area contributed by atoms with Gasteiger partial charge in [-0.1, -0.05) is 12.8 Å². The van der Waals surface area contributed by atoms with Gasteiger partial charge in [-0.2, -0.15) is 0 Å². The molecule has 0 N–H and O–H groups in total. The van der Waals surface area contributed by atoms with E-state index in [9.17, 15) is 9.59 Å². The zero-order chi connectivity index (χ0) is 18.9. The molecule has 1 saturated carbocycles. The Morgan fingerprint density at radius 2 is 1.81 bits per heavy atom. The fourth-order valence-corrected chi connectivity index (χ4v) is 4.90. The molecule has 6 nitrogen and oxygen atoms in total. The van der Waals surface area contributed by atoms with Crippen LogP contribution in [0.25, 0.3) is 0 Å². The van der Waals surface area contributed by atoms with Gasteiger partial charge in [0.2, 0.25) is 11.8 Å². The molecule has 27 heavy (non-hydrogen) atoms. The van der Waals surface area contributed by atoms with Gasteiger partial charge in [0, 0.05) is 31.4 Å². The molecule has 0 bridgehead atoms. The highest BCUT2D eigenvalue weighted by Gasteiger charge is 2.49. The van der Waals surface area contributed by atoms with Crippen molar-refractivity contribution in [2.24, 2.45) is 5.92 Å². The second kappa shape index (κ2) is 7.50. The maximum absolute atomic E-state index is 13.2. The van der Waals surface area contributed by atoms with Gasteiger partial charge in [0.25, 0.3) is 0 Å². The van der Waals surface area contributed by atoms with Crippen molar-refractivity contribution in [1.82, 2.24) is 4.90 Å². The zero-order valence-corrected chi connectivity index (χ0v) is 16.0. The monoisotopic (exact) mass is 372 g/mol. The number of ether oxygens (including phenoxy) is 2. The van der Waals surface area contributed by atoms with E-state index in [0.29, 0.717) is 19.8 Å². The van der Waals surface area contributed by atoms with Crippen molar-refractivity contribution in [3.63, 3.8) is 0 Å². The molecule has 6 heteroatoms. The van der Waals surface area contributed by atoms with E-state index < -0.39 is 0 Å². The number of anilines is 1. The molecule has 2 heterocycles. The Bertz CT molecular complexity index is 691. The molecular weight excluding hydrogens is 344 g/mol. The molecule has 2 aliphatic heterocycles. The molecule has 4 rings (SSSR count). The van der Waals surface area contributed by atoms with Gasteiger partial charge in [0.15, 0.2) is 0 Å². The summed E-state index contributed by atoms with van der Waals surface area (Å²) in [6, 6.07) is 7.69. The van der Waals surface area contributed by atoms with Crippen LogP contribution in [0.3, 0.4) is 0 Å². The van der Waals surface area contributed by atoms with Crippen molar-refractivity contribution in [3.05, 3.63) is 24.3 Å². The van der Waals surface area contributed by atoms with Crippen LogP contribution in [0.2, 0.25) is 0 Å². The van der Waals surface area contributed by atoms with Crippen LogP contribution in [0.15, 0.2) is 24.3 Å². The van der Waals surface area contributed by atoms with Gasteiger partial charge >= 0.3 is 0 Å². The smallest absolute Gasteiger partial charge is 0.247 e. The van der Waals surface area contributed by atoms with Crippen molar-refractivity contribution in [2.45, 2.75) is 44.1 Å². The normalized spacial score (nSPS) is 23.1. The Balaban J connectivity index is 1.59. The molecule has 2 amide bonds. The maximum Gasteiger partial charge on any atom is 0.247 e. The maximum atomic E-state index is 13.2. The summed E-state index contributed by atoms with van der Waals surface area (Å²) in [6.07, 6.45) is 5.61. The van der Waals surface area contributed by atoms with E-state index in [1.54, 1.807) is 7.11 Å². The number of carbonyl (C=O) groups excluding carboxylic acids is 2. The van der Waals surface area contributed by atoms with Gasteiger partial charge in [-0.05, 0) is 49.9 Å². The van der Waals surface area contributed by atoms with Crippen LogP contribution >= 0.6 is 0 Å². The van der Waals surface area contributed by atoms with E-state index in [2.05, 4.69) is 0 Å². The average Bonchev–Trinajstić information content (AvgIpc) is 3.16. The first-order chi connectivity index (χ1) is 13.1. The largest absolute Gasteiger partial charge is 0.497 e. The number of nitrogens with zero attached hydrogens (tertiary/aromatic N) is 2. The van der Waals surface area contributed by atoms with Crippen molar-refractivity contribution in [3.8, 4) is 5.75 Å². The summed E-state index contributed by atoms with van der Waals surface area (Å²) in [5.74, 6) is 0.929. The van der Waals surface area contributed by atoms with Gasteiger partial charge in [-0.3, -0.25) is 9.59 Å². The lowest BCUT2D eigenvalue weighted by atomic mass is 9.89. The van der Waals surface area contributed by atoms with Crippen LogP contribution in [0.1, 0.15) is 38.5 Å². The molecule has 0 aromatic heterocycles. The Morgan fingerprint density at radius 1 is 1.15 bits per heavy atom.